The Labute approximate surface area is 128 Å². The number of hydrogen-bond donors (Lipinski definition) is 0. The average Bonchev–Trinajstić information content (AvgIpc) is 2.36. The van der Waals surface area contributed by atoms with Gasteiger partial charge in [-0.3, -0.25) is 4.79 Å². The van der Waals surface area contributed by atoms with Crippen molar-refractivity contribution in [2.24, 2.45) is 0 Å². The molecule has 0 spiro atoms. The largest absolute Gasteiger partial charge is 0.337 e. The molecule has 2 nitrogen and oxygen atoms in total. The van der Waals surface area contributed by atoms with Crippen LogP contribution in [-0.4, -0.2) is 17.9 Å². The zero-order chi connectivity index (χ0) is 14.7. The number of carbonyl (C=O) groups excluding carboxylic acids is 1. The smallest absolute Gasteiger partial charge is 0.253 e. The van der Waals surface area contributed by atoms with Crippen molar-refractivity contribution in [1.82, 2.24) is 4.90 Å². The Kier molecular flexibility index (Phi) is 4.61. The molecule has 2 aromatic carbocycles. The first kappa shape index (κ1) is 14.8. The van der Waals surface area contributed by atoms with E-state index in [2.05, 4.69) is 35.0 Å². The highest BCUT2D eigenvalue weighted by Gasteiger charge is 2.13. The van der Waals surface area contributed by atoms with E-state index in [4.69, 9.17) is 0 Å². The first-order valence-corrected chi connectivity index (χ1v) is 7.33. The Morgan fingerprint density at radius 1 is 1.10 bits per heavy atom. The van der Waals surface area contributed by atoms with Gasteiger partial charge in [-0.05, 0) is 43.2 Å². The van der Waals surface area contributed by atoms with Crippen molar-refractivity contribution < 1.29 is 4.79 Å². The molecule has 0 atom stereocenters. The van der Waals surface area contributed by atoms with Crippen LogP contribution in [-0.2, 0) is 6.54 Å². The Balaban J connectivity index is 2.16. The first-order valence-electron chi connectivity index (χ1n) is 6.54. The molecule has 2 aromatic rings. The topological polar surface area (TPSA) is 20.3 Å². The van der Waals surface area contributed by atoms with Gasteiger partial charge in [0, 0.05) is 23.6 Å². The number of carbonyl (C=O) groups is 1. The van der Waals surface area contributed by atoms with Gasteiger partial charge in [-0.15, -0.1) is 0 Å². The lowest BCUT2D eigenvalue weighted by atomic mass is 10.1. The molecule has 0 saturated carbocycles. The summed E-state index contributed by atoms with van der Waals surface area (Å²) in [6.45, 7) is 4.66. The molecule has 0 aliphatic heterocycles. The minimum absolute atomic E-state index is 0.0379. The Hall–Kier alpha value is -1.61. The minimum atomic E-state index is 0.0379. The van der Waals surface area contributed by atoms with Gasteiger partial charge in [-0.2, -0.15) is 0 Å². The molecule has 20 heavy (non-hydrogen) atoms. The fraction of sp³-hybridized carbons (Fsp3) is 0.235. The summed E-state index contributed by atoms with van der Waals surface area (Å²) in [6.07, 6.45) is 0. The highest BCUT2D eigenvalue weighted by atomic mass is 79.9. The van der Waals surface area contributed by atoms with E-state index in [1.807, 2.05) is 44.3 Å². The van der Waals surface area contributed by atoms with Gasteiger partial charge in [0.05, 0.1) is 0 Å². The van der Waals surface area contributed by atoms with Crippen molar-refractivity contribution in [3.05, 3.63) is 69.2 Å². The zero-order valence-electron chi connectivity index (χ0n) is 12.0. The number of nitrogens with zero attached hydrogens (tertiary/aromatic N) is 1. The van der Waals surface area contributed by atoms with E-state index in [-0.39, 0.29) is 5.91 Å². The summed E-state index contributed by atoms with van der Waals surface area (Å²) in [7, 11) is 1.83. The van der Waals surface area contributed by atoms with Crippen molar-refractivity contribution in [3.8, 4) is 0 Å². The van der Waals surface area contributed by atoms with E-state index < -0.39 is 0 Å². The van der Waals surface area contributed by atoms with Crippen LogP contribution in [0.25, 0.3) is 0 Å². The third-order valence-corrected chi connectivity index (χ3v) is 3.60. The molecule has 0 saturated heterocycles. The molecule has 104 valence electrons. The molecule has 0 radical (unpaired) electrons. The maximum atomic E-state index is 12.4. The molecule has 0 aromatic heterocycles. The lowest BCUT2D eigenvalue weighted by Crippen LogP contribution is -2.26. The highest BCUT2D eigenvalue weighted by molar-refractivity contribution is 9.10. The van der Waals surface area contributed by atoms with Crippen molar-refractivity contribution in [2.45, 2.75) is 20.4 Å². The highest BCUT2D eigenvalue weighted by Crippen LogP contribution is 2.17. The fourth-order valence-corrected chi connectivity index (χ4v) is 2.84. The number of benzene rings is 2. The van der Waals surface area contributed by atoms with Crippen molar-refractivity contribution >= 4 is 21.8 Å². The van der Waals surface area contributed by atoms with Crippen molar-refractivity contribution in [2.75, 3.05) is 7.05 Å². The standard InChI is InChI=1S/C17H18BrNO/c1-12-5-4-6-14(7-12)11-19(3)17(20)15-8-13(2)9-16(18)10-15/h4-10H,11H2,1-3H3. The van der Waals surface area contributed by atoms with Crippen LogP contribution < -0.4 is 0 Å². The van der Waals surface area contributed by atoms with Crippen LogP contribution in [0.4, 0.5) is 0 Å². The molecule has 3 heteroatoms. The molecule has 0 aliphatic rings. The van der Waals surface area contributed by atoms with Gasteiger partial charge in [0.1, 0.15) is 0 Å². The molecule has 1 amide bonds. The van der Waals surface area contributed by atoms with Crippen LogP contribution in [0.1, 0.15) is 27.0 Å². The fourth-order valence-electron chi connectivity index (χ4n) is 2.24. The molecule has 0 heterocycles. The summed E-state index contributed by atoms with van der Waals surface area (Å²) >= 11 is 3.44. The lowest BCUT2D eigenvalue weighted by Gasteiger charge is -2.18. The van der Waals surface area contributed by atoms with Gasteiger partial charge in [0.2, 0.25) is 0 Å². The number of amides is 1. The van der Waals surface area contributed by atoms with Crippen LogP contribution in [0.15, 0.2) is 46.9 Å². The van der Waals surface area contributed by atoms with E-state index in [1.54, 1.807) is 4.90 Å². The van der Waals surface area contributed by atoms with E-state index in [1.165, 1.54) is 5.56 Å². The Bertz CT molecular complexity index is 616. The number of halogens is 1. The SMILES string of the molecule is Cc1cccc(CN(C)C(=O)c2cc(C)cc(Br)c2)c1. The second-order valence-electron chi connectivity index (χ2n) is 5.17. The van der Waals surface area contributed by atoms with Crippen LogP contribution in [0.5, 0.6) is 0 Å². The third-order valence-electron chi connectivity index (χ3n) is 3.14. The summed E-state index contributed by atoms with van der Waals surface area (Å²) < 4.78 is 0.935. The van der Waals surface area contributed by atoms with Gasteiger partial charge in [-0.1, -0.05) is 45.8 Å². The van der Waals surface area contributed by atoms with E-state index in [0.717, 1.165) is 15.6 Å². The van der Waals surface area contributed by atoms with Crippen LogP contribution in [0.3, 0.4) is 0 Å². The predicted octanol–water partition coefficient (Wildman–Crippen LogP) is 4.34. The van der Waals surface area contributed by atoms with Gasteiger partial charge in [0.15, 0.2) is 0 Å². The summed E-state index contributed by atoms with van der Waals surface area (Å²) in [4.78, 5) is 14.2. The van der Waals surface area contributed by atoms with Gasteiger partial charge in [0.25, 0.3) is 5.91 Å². The molecule has 0 N–H and O–H groups in total. The second kappa shape index (κ2) is 6.23. The normalized spacial score (nSPS) is 10.4. The van der Waals surface area contributed by atoms with Crippen LogP contribution in [0.2, 0.25) is 0 Å². The average molecular weight is 332 g/mol. The molecule has 0 unspecified atom stereocenters. The number of hydrogen-bond acceptors (Lipinski definition) is 1. The van der Waals surface area contributed by atoms with Crippen LogP contribution in [0, 0.1) is 13.8 Å². The monoisotopic (exact) mass is 331 g/mol. The third kappa shape index (κ3) is 3.70. The van der Waals surface area contributed by atoms with Crippen molar-refractivity contribution in [1.29, 1.82) is 0 Å². The lowest BCUT2D eigenvalue weighted by molar-refractivity contribution is 0.0785. The number of rotatable bonds is 3. The van der Waals surface area contributed by atoms with E-state index >= 15 is 0 Å². The molecule has 0 aliphatic carbocycles. The second-order valence-corrected chi connectivity index (χ2v) is 6.08. The minimum Gasteiger partial charge on any atom is -0.337 e. The number of aryl methyl sites for hydroxylation is 2. The van der Waals surface area contributed by atoms with Crippen molar-refractivity contribution in [3.63, 3.8) is 0 Å². The zero-order valence-corrected chi connectivity index (χ0v) is 13.6. The molecule has 2 rings (SSSR count). The maximum absolute atomic E-state index is 12.4. The summed E-state index contributed by atoms with van der Waals surface area (Å²) in [5, 5.41) is 0. The van der Waals surface area contributed by atoms with E-state index in [9.17, 15) is 4.79 Å². The van der Waals surface area contributed by atoms with Gasteiger partial charge < -0.3 is 4.90 Å². The van der Waals surface area contributed by atoms with Gasteiger partial charge in [-0.25, -0.2) is 0 Å². The molecule has 0 fully saturated rings. The van der Waals surface area contributed by atoms with E-state index in [0.29, 0.717) is 12.1 Å². The Morgan fingerprint density at radius 2 is 1.85 bits per heavy atom. The molecular weight excluding hydrogens is 314 g/mol. The quantitative estimate of drug-likeness (QED) is 0.819. The summed E-state index contributed by atoms with van der Waals surface area (Å²) in [5.41, 5.74) is 4.15. The molecule has 0 bridgehead atoms. The summed E-state index contributed by atoms with van der Waals surface area (Å²) in [5.74, 6) is 0.0379. The predicted molar refractivity (Wildman–Crippen MR) is 85.9 cm³/mol. The molecular formula is C17H18BrNO. The summed E-state index contributed by atoms with van der Waals surface area (Å²) in [6, 6.07) is 14.0. The van der Waals surface area contributed by atoms with Crippen LogP contribution >= 0.6 is 15.9 Å². The maximum Gasteiger partial charge on any atom is 0.253 e. The Morgan fingerprint density at radius 3 is 2.50 bits per heavy atom. The van der Waals surface area contributed by atoms with Gasteiger partial charge >= 0.3 is 0 Å². The first-order chi connectivity index (χ1) is 9.45.